The van der Waals surface area contributed by atoms with Crippen LogP contribution in [0.1, 0.15) is 28.8 Å². The summed E-state index contributed by atoms with van der Waals surface area (Å²) in [6.45, 7) is 1.43. The van der Waals surface area contributed by atoms with Gasteiger partial charge in [-0.3, -0.25) is 9.59 Å². The molecule has 0 aliphatic carbocycles. The number of rotatable bonds is 4. The van der Waals surface area contributed by atoms with Crippen LogP contribution < -0.4 is 10.5 Å². The molecule has 2 aliphatic rings. The van der Waals surface area contributed by atoms with Crippen molar-refractivity contribution in [3.63, 3.8) is 0 Å². The SMILES string of the molecule is CN(C)S(=O)(=O)c1ccc(Cl)c(C(=O)N2CCCC2C(=O)N2CCOc3cc(N)ccc3C2)c1. The maximum Gasteiger partial charge on any atom is 0.256 e. The quantitative estimate of drug-likeness (QED) is 0.636. The van der Waals surface area contributed by atoms with Crippen molar-refractivity contribution in [3.05, 3.63) is 52.5 Å². The van der Waals surface area contributed by atoms with Gasteiger partial charge in [0.2, 0.25) is 15.9 Å². The Morgan fingerprint density at radius 1 is 1.15 bits per heavy atom. The molecule has 2 aromatic rings. The number of fused-ring (bicyclic) bond motifs is 1. The molecule has 11 heteroatoms. The smallest absolute Gasteiger partial charge is 0.256 e. The molecule has 1 atom stereocenters. The summed E-state index contributed by atoms with van der Waals surface area (Å²) in [5.74, 6) is 0.0172. The molecule has 182 valence electrons. The summed E-state index contributed by atoms with van der Waals surface area (Å²) in [6.07, 6.45) is 1.18. The first-order valence-corrected chi connectivity index (χ1v) is 12.7. The van der Waals surface area contributed by atoms with Crippen molar-refractivity contribution in [1.29, 1.82) is 0 Å². The predicted octanol–water partition coefficient (Wildman–Crippen LogP) is 2.20. The molecular formula is C23H27ClN4O5S. The number of anilines is 1. The highest BCUT2D eigenvalue weighted by molar-refractivity contribution is 7.89. The van der Waals surface area contributed by atoms with Gasteiger partial charge in [0.25, 0.3) is 5.91 Å². The zero-order chi connectivity index (χ0) is 24.6. The predicted molar refractivity (Wildman–Crippen MR) is 128 cm³/mol. The molecule has 4 rings (SSSR count). The number of benzene rings is 2. The Balaban J connectivity index is 1.58. The number of likely N-dealkylation sites (tertiary alicyclic amines) is 1. The van der Waals surface area contributed by atoms with Crippen molar-refractivity contribution in [2.24, 2.45) is 0 Å². The fourth-order valence-corrected chi connectivity index (χ4v) is 5.37. The number of sulfonamides is 1. The van der Waals surface area contributed by atoms with Gasteiger partial charge in [-0.05, 0) is 37.1 Å². The largest absolute Gasteiger partial charge is 0.491 e. The lowest BCUT2D eigenvalue weighted by Gasteiger charge is -2.29. The minimum absolute atomic E-state index is 0.0344. The van der Waals surface area contributed by atoms with Crippen LogP contribution in [0.3, 0.4) is 0 Å². The Kier molecular flexibility index (Phi) is 6.75. The molecule has 0 bridgehead atoms. The first-order chi connectivity index (χ1) is 16.1. The number of halogens is 1. The number of ether oxygens (including phenoxy) is 1. The van der Waals surface area contributed by atoms with Gasteiger partial charge < -0.3 is 20.3 Å². The molecule has 2 N–H and O–H groups in total. The van der Waals surface area contributed by atoms with Crippen LogP contribution in [0, 0.1) is 0 Å². The monoisotopic (exact) mass is 506 g/mol. The van der Waals surface area contributed by atoms with Gasteiger partial charge in [-0.25, -0.2) is 12.7 Å². The molecule has 0 saturated carbocycles. The summed E-state index contributed by atoms with van der Waals surface area (Å²) in [5.41, 5.74) is 7.34. The van der Waals surface area contributed by atoms with E-state index < -0.39 is 22.0 Å². The summed E-state index contributed by atoms with van der Waals surface area (Å²) in [7, 11) is -0.920. The van der Waals surface area contributed by atoms with Gasteiger partial charge in [-0.1, -0.05) is 17.7 Å². The number of nitrogen functional groups attached to an aromatic ring is 1. The van der Waals surface area contributed by atoms with E-state index in [-0.39, 0.29) is 21.4 Å². The highest BCUT2D eigenvalue weighted by Crippen LogP contribution is 2.30. The number of amides is 2. The van der Waals surface area contributed by atoms with Crippen LogP contribution >= 0.6 is 11.6 Å². The van der Waals surface area contributed by atoms with E-state index in [4.69, 9.17) is 22.1 Å². The lowest BCUT2D eigenvalue weighted by Crippen LogP contribution is -2.48. The topological polar surface area (TPSA) is 113 Å². The molecule has 1 saturated heterocycles. The second-order valence-corrected chi connectivity index (χ2v) is 11.1. The van der Waals surface area contributed by atoms with Crippen LogP contribution in [0.5, 0.6) is 5.75 Å². The summed E-state index contributed by atoms with van der Waals surface area (Å²) in [5, 5.41) is 0.135. The maximum atomic E-state index is 13.5. The van der Waals surface area contributed by atoms with E-state index in [0.717, 1.165) is 9.87 Å². The Morgan fingerprint density at radius 3 is 2.65 bits per heavy atom. The average molecular weight is 507 g/mol. The minimum Gasteiger partial charge on any atom is -0.491 e. The molecule has 2 heterocycles. The number of hydrogen-bond acceptors (Lipinski definition) is 6. The molecule has 2 amide bonds. The normalized spacial score (nSPS) is 18.4. The summed E-state index contributed by atoms with van der Waals surface area (Å²) in [4.78, 5) is 30.1. The van der Waals surface area contributed by atoms with E-state index in [1.54, 1.807) is 17.0 Å². The molecule has 1 fully saturated rings. The standard InChI is InChI=1S/C23H27ClN4O5S/c1-26(2)34(31,32)17-7-8-19(24)18(13-17)22(29)28-9-3-4-20(28)23(30)27-10-11-33-21-12-16(25)6-5-15(21)14-27/h5-8,12-13,20H,3-4,9-11,14,25H2,1-2H3. The van der Waals surface area contributed by atoms with E-state index in [9.17, 15) is 18.0 Å². The van der Waals surface area contributed by atoms with Gasteiger partial charge in [0.15, 0.2) is 0 Å². The first kappa shape index (κ1) is 24.3. The molecule has 0 spiro atoms. The highest BCUT2D eigenvalue weighted by atomic mass is 35.5. The summed E-state index contributed by atoms with van der Waals surface area (Å²) >= 11 is 6.29. The van der Waals surface area contributed by atoms with E-state index >= 15 is 0 Å². The third-order valence-corrected chi connectivity index (χ3v) is 8.27. The zero-order valence-corrected chi connectivity index (χ0v) is 20.6. The van der Waals surface area contributed by atoms with Gasteiger partial charge in [0, 0.05) is 44.5 Å². The number of hydrogen-bond donors (Lipinski definition) is 1. The van der Waals surface area contributed by atoms with E-state index in [2.05, 4.69) is 0 Å². The molecule has 2 aromatic carbocycles. The van der Waals surface area contributed by atoms with Crippen LogP contribution in [-0.4, -0.2) is 74.2 Å². The van der Waals surface area contributed by atoms with Crippen LogP contribution in [0.15, 0.2) is 41.3 Å². The summed E-state index contributed by atoms with van der Waals surface area (Å²) < 4.78 is 31.9. The third kappa shape index (κ3) is 4.57. The van der Waals surface area contributed by atoms with Gasteiger partial charge in [0.1, 0.15) is 18.4 Å². The van der Waals surface area contributed by atoms with E-state index in [1.807, 2.05) is 6.07 Å². The Hall–Kier alpha value is -2.82. The van der Waals surface area contributed by atoms with Gasteiger partial charge >= 0.3 is 0 Å². The molecule has 0 radical (unpaired) electrons. The number of carbonyl (C=O) groups excluding carboxylic acids is 2. The fourth-order valence-electron chi connectivity index (χ4n) is 4.25. The molecule has 1 unspecified atom stereocenters. The number of nitrogens with zero attached hydrogens (tertiary/aromatic N) is 3. The molecule has 34 heavy (non-hydrogen) atoms. The Bertz CT molecular complexity index is 1230. The Morgan fingerprint density at radius 2 is 1.91 bits per heavy atom. The maximum absolute atomic E-state index is 13.5. The van der Waals surface area contributed by atoms with Crippen molar-refractivity contribution in [1.82, 2.24) is 14.1 Å². The number of carbonyl (C=O) groups is 2. The molecule has 0 aromatic heterocycles. The van der Waals surface area contributed by atoms with Crippen molar-refractivity contribution in [2.45, 2.75) is 30.3 Å². The van der Waals surface area contributed by atoms with Crippen molar-refractivity contribution in [2.75, 3.05) is 39.5 Å². The zero-order valence-electron chi connectivity index (χ0n) is 19.0. The third-order valence-electron chi connectivity index (χ3n) is 6.13. The lowest BCUT2D eigenvalue weighted by molar-refractivity contribution is -0.136. The van der Waals surface area contributed by atoms with Crippen molar-refractivity contribution < 1.29 is 22.7 Å². The average Bonchev–Trinajstić information content (AvgIpc) is 3.19. The van der Waals surface area contributed by atoms with Crippen molar-refractivity contribution in [3.8, 4) is 5.75 Å². The molecule has 2 aliphatic heterocycles. The molecule has 9 nitrogen and oxygen atoms in total. The van der Waals surface area contributed by atoms with Crippen LogP contribution in [-0.2, 0) is 21.4 Å². The van der Waals surface area contributed by atoms with Gasteiger partial charge in [0.05, 0.1) is 22.0 Å². The molecular weight excluding hydrogens is 480 g/mol. The van der Waals surface area contributed by atoms with Crippen molar-refractivity contribution >= 4 is 39.1 Å². The van der Waals surface area contributed by atoms with Crippen LogP contribution in [0.4, 0.5) is 5.69 Å². The lowest BCUT2D eigenvalue weighted by atomic mass is 10.1. The van der Waals surface area contributed by atoms with Crippen LogP contribution in [0.25, 0.3) is 0 Å². The van der Waals surface area contributed by atoms with E-state index in [1.165, 1.54) is 37.2 Å². The first-order valence-electron chi connectivity index (χ1n) is 10.9. The van der Waals surface area contributed by atoms with Gasteiger partial charge in [-0.2, -0.15) is 0 Å². The second-order valence-electron chi connectivity index (χ2n) is 8.56. The fraction of sp³-hybridized carbons (Fsp3) is 0.391. The van der Waals surface area contributed by atoms with E-state index in [0.29, 0.717) is 50.5 Å². The summed E-state index contributed by atoms with van der Waals surface area (Å²) in [6, 6.07) is 8.72. The Labute approximate surface area is 204 Å². The highest BCUT2D eigenvalue weighted by Gasteiger charge is 2.38. The second kappa shape index (κ2) is 9.44. The van der Waals surface area contributed by atoms with Crippen LogP contribution in [0.2, 0.25) is 5.02 Å². The minimum atomic E-state index is -3.75. The van der Waals surface area contributed by atoms with Gasteiger partial charge in [-0.15, -0.1) is 0 Å². The number of nitrogens with two attached hydrogens (primary N) is 1.